The van der Waals surface area contributed by atoms with E-state index in [-0.39, 0.29) is 5.82 Å². The summed E-state index contributed by atoms with van der Waals surface area (Å²) in [5.41, 5.74) is 0.911. The van der Waals surface area contributed by atoms with Gasteiger partial charge in [-0.3, -0.25) is 9.88 Å². The third kappa shape index (κ3) is 4.86. The first kappa shape index (κ1) is 14.4. The predicted molar refractivity (Wildman–Crippen MR) is 72.4 cm³/mol. The number of hydrogen-bond acceptors (Lipinski definition) is 4. The Kier molecular flexibility index (Phi) is 5.69. The second-order valence-corrected chi connectivity index (χ2v) is 5.03. The Bertz CT molecular complexity index is 383. The molecule has 0 bridgehead atoms. The van der Waals surface area contributed by atoms with Gasteiger partial charge in [-0.05, 0) is 31.0 Å². The smallest absolute Gasteiger partial charge is 0.141 e. The highest BCUT2D eigenvalue weighted by Crippen LogP contribution is 2.10. The van der Waals surface area contributed by atoms with Crippen LogP contribution in [-0.2, 0) is 11.3 Å². The van der Waals surface area contributed by atoms with Crippen LogP contribution in [0.25, 0.3) is 0 Å². The molecule has 1 saturated heterocycles. The summed E-state index contributed by atoms with van der Waals surface area (Å²) in [6.45, 7) is 4.33. The Labute approximate surface area is 114 Å². The lowest BCUT2D eigenvalue weighted by Crippen LogP contribution is -2.38. The summed E-state index contributed by atoms with van der Waals surface area (Å²) >= 11 is 0. The number of ether oxygens (including phenoxy) is 1. The highest BCUT2D eigenvalue weighted by Gasteiger charge is 2.18. The molecule has 1 fully saturated rings. The number of halogens is 1. The molecule has 0 spiro atoms. The molecule has 4 nitrogen and oxygen atoms in total. The maximum Gasteiger partial charge on any atom is 0.141 e. The van der Waals surface area contributed by atoms with E-state index in [2.05, 4.69) is 15.2 Å². The fourth-order valence-electron chi connectivity index (χ4n) is 2.48. The molecule has 0 radical (unpaired) electrons. The largest absolute Gasteiger partial charge is 0.383 e. The van der Waals surface area contributed by atoms with Crippen molar-refractivity contribution < 1.29 is 9.13 Å². The first-order chi connectivity index (χ1) is 9.28. The molecule has 1 aromatic rings. The summed E-state index contributed by atoms with van der Waals surface area (Å²) in [6, 6.07) is 2.09. The normalized spacial score (nSPS) is 19.2. The van der Waals surface area contributed by atoms with Gasteiger partial charge in [0.2, 0.25) is 0 Å². The number of nitrogens with zero attached hydrogens (tertiary/aromatic N) is 2. The molecule has 0 aliphatic carbocycles. The highest BCUT2D eigenvalue weighted by molar-refractivity contribution is 5.10. The summed E-state index contributed by atoms with van der Waals surface area (Å²) in [4.78, 5) is 6.20. The molecule has 5 heteroatoms. The Morgan fingerprint density at radius 2 is 2.42 bits per heavy atom. The fourth-order valence-corrected chi connectivity index (χ4v) is 2.48. The second-order valence-electron chi connectivity index (χ2n) is 5.03. The van der Waals surface area contributed by atoms with Gasteiger partial charge in [0.25, 0.3) is 0 Å². The third-order valence-electron chi connectivity index (χ3n) is 3.42. The van der Waals surface area contributed by atoms with Crippen molar-refractivity contribution in [2.75, 3.05) is 33.4 Å². The Balaban J connectivity index is 1.92. The van der Waals surface area contributed by atoms with Gasteiger partial charge < -0.3 is 10.1 Å². The standard InChI is InChI=1S/C14H22FN3O/c1-19-6-5-18(11-14-3-2-4-17-14)10-12-7-13(15)9-16-8-12/h7-9,14,17H,2-6,10-11H2,1H3. The van der Waals surface area contributed by atoms with Crippen molar-refractivity contribution in [2.24, 2.45) is 0 Å². The average Bonchev–Trinajstić information content (AvgIpc) is 2.89. The van der Waals surface area contributed by atoms with E-state index in [9.17, 15) is 4.39 Å². The minimum atomic E-state index is -0.275. The summed E-state index contributed by atoms with van der Waals surface area (Å²) in [7, 11) is 1.70. The first-order valence-corrected chi connectivity index (χ1v) is 6.82. The van der Waals surface area contributed by atoms with E-state index in [1.54, 1.807) is 19.4 Å². The van der Waals surface area contributed by atoms with Crippen LogP contribution >= 0.6 is 0 Å². The van der Waals surface area contributed by atoms with Crippen LogP contribution in [0.1, 0.15) is 18.4 Å². The zero-order chi connectivity index (χ0) is 13.5. The van der Waals surface area contributed by atoms with Gasteiger partial charge in [0.05, 0.1) is 12.8 Å². The molecular weight excluding hydrogens is 245 g/mol. The summed E-state index contributed by atoms with van der Waals surface area (Å²) in [6.07, 6.45) is 5.42. The SMILES string of the molecule is COCCN(Cc1cncc(F)c1)CC1CCCN1. The van der Waals surface area contributed by atoms with Crippen LogP contribution in [0.15, 0.2) is 18.5 Å². The fraction of sp³-hybridized carbons (Fsp3) is 0.643. The van der Waals surface area contributed by atoms with Gasteiger partial charge in [-0.2, -0.15) is 0 Å². The zero-order valence-electron chi connectivity index (χ0n) is 11.4. The number of hydrogen-bond donors (Lipinski definition) is 1. The van der Waals surface area contributed by atoms with E-state index in [4.69, 9.17) is 4.74 Å². The molecule has 0 amide bonds. The van der Waals surface area contributed by atoms with E-state index in [1.807, 2.05) is 0 Å². The summed E-state index contributed by atoms with van der Waals surface area (Å²) < 4.78 is 18.3. The van der Waals surface area contributed by atoms with Gasteiger partial charge in [0.1, 0.15) is 5.82 Å². The van der Waals surface area contributed by atoms with Crippen molar-refractivity contribution in [1.29, 1.82) is 0 Å². The molecule has 2 heterocycles. The van der Waals surface area contributed by atoms with Crippen LogP contribution in [0.4, 0.5) is 4.39 Å². The molecule has 1 unspecified atom stereocenters. The van der Waals surface area contributed by atoms with Crippen LogP contribution in [0, 0.1) is 5.82 Å². The summed E-state index contributed by atoms with van der Waals surface area (Å²) in [5, 5.41) is 3.49. The van der Waals surface area contributed by atoms with Crippen molar-refractivity contribution >= 4 is 0 Å². The van der Waals surface area contributed by atoms with Gasteiger partial charge in [0.15, 0.2) is 0 Å². The molecule has 0 aromatic carbocycles. The quantitative estimate of drug-likeness (QED) is 0.811. The molecule has 1 aliphatic rings. The molecule has 1 atom stereocenters. The Morgan fingerprint density at radius 1 is 1.53 bits per heavy atom. The lowest BCUT2D eigenvalue weighted by Gasteiger charge is -2.25. The number of rotatable bonds is 7. The third-order valence-corrected chi connectivity index (χ3v) is 3.42. The van der Waals surface area contributed by atoms with Crippen LogP contribution in [0.5, 0.6) is 0 Å². The monoisotopic (exact) mass is 267 g/mol. The van der Waals surface area contributed by atoms with E-state index in [0.717, 1.165) is 25.2 Å². The maximum atomic E-state index is 13.2. The van der Waals surface area contributed by atoms with Gasteiger partial charge in [-0.15, -0.1) is 0 Å². The maximum absolute atomic E-state index is 13.2. The predicted octanol–water partition coefficient (Wildman–Crippen LogP) is 1.42. The molecule has 0 saturated carbocycles. The Morgan fingerprint density at radius 3 is 3.11 bits per heavy atom. The highest BCUT2D eigenvalue weighted by atomic mass is 19.1. The second kappa shape index (κ2) is 7.53. The topological polar surface area (TPSA) is 37.4 Å². The molecule has 106 valence electrons. The van der Waals surface area contributed by atoms with E-state index >= 15 is 0 Å². The number of pyridine rings is 1. The van der Waals surface area contributed by atoms with Crippen LogP contribution in [0.3, 0.4) is 0 Å². The number of methoxy groups -OCH3 is 1. The molecule has 19 heavy (non-hydrogen) atoms. The minimum Gasteiger partial charge on any atom is -0.383 e. The number of aromatic nitrogens is 1. The minimum absolute atomic E-state index is 0.275. The summed E-state index contributed by atoms with van der Waals surface area (Å²) in [5.74, 6) is -0.275. The molecule has 2 rings (SSSR count). The molecule has 1 aliphatic heterocycles. The average molecular weight is 267 g/mol. The van der Waals surface area contributed by atoms with Crippen molar-refractivity contribution in [3.63, 3.8) is 0 Å². The molecular formula is C14H22FN3O. The zero-order valence-corrected chi connectivity index (χ0v) is 11.4. The van der Waals surface area contributed by atoms with Crippen molar-refractivity contribution in [1.82, 2.24) is 15.2 Å². The molecule has 1 aromatic heterocycles. The number of nitrogens with one attached hydrogen (secondary N) is 1. The van der Waals surface area contributed by atoms with Crippen molar-refractivity contribution in [3.05, 3.63) is 29.8 Å². The van der Waals surface area contributed by atoms with E-state index in [1.165, 1.54) is 19.0 Å². The van der Waals surface area contributed by atoms with E-state index in [0.29, 0.717) is 19.2 Å². The van der Waals surface area contributed by atoms with E-state index < -0.39 is 0 Å². The van der Waals surface area contributed by atoms with Crippen LogP contribution in [-0.4, -0.2) is 49.3 Å². The first-order valence-electron chi connectivity index (χ1n) is 6.82. The van der Waals surface area contributed by atoms with Crippen molar-refractivity contribution in [2.45, 2.75) is 25.4 Å². The van der Waals surface area contributed by atoms with Crippen LogP contribution < -0.4 is 5.32 Å². The van der Waals surface area contributed by atoms with Gasteiger partial charge >= 0.3 is 0 Å². The molecule has 1 N–H and O–H groups in total. The van der Waals surface area contributed by atoms with Gasteiger partial charge in [0, 0.05) is 39.0 Å². The van der Waals surface area contributed by atoms with Gasteiger partial charge in [-0.1, -0.05) is 0 Å². The lowest BCUT2D eigenvalue weighted by atomic mass is 10.2. The van der Waals surface area contributed by atoms with Gasteiger partial charge in [-0.25, -0.2) is 4.39 Å². The lowest BCUT2D eigenvalue weighted by molar-refractivity contribution is 0.138. The Hall–Kier alpha value is -1.04. The van der Waals surface area contributed by atoms with Crippen LogP contribution in [0.2, 0.25) is 0 Å². The van der Waals surface area contributed by atoms with Crippen molar-refractivity contribution in [3.8, 4) is 0 Å².